The van der Waals surface area contributed by atoms with Crippen LogP contribution in [0.25, 0.3) is 0 Å². The van der Waals surface area contributed by atoms with E-state index in [-0.39, 0.29) is 17.3 Å². The molecule has 15 heteroatoms. The van der Waals surface area contributed by atoms with Crippen molar-refractivity contribution in [3.05, 3.63) is 30.3 Å². The molecule has 15 nitrogen and oxygen atoms in total. The summed E-state index contributed by atoms with van der Waals surface area (Å²) in [4.78, 5) is 49.4. The van der Waals surface area contributed by atoms with Crippen molar-refractivity contribution in [1.82, 2.24) is 0 Å². The molecule has 0 saturated heterocycles. The van der Waals surface area contributed by atoms with Crippen molar-refractivity contribution in [1.29, 1.82) is 0 Å². The third-order valence-electron chi connectivity index (χ3n) is 14.9. The normalized spacial score (nSPS) is 47.3. The van der Waals surface area contributed by atoms with E-state index in [1.165, 1.54) is 20.8 Å². The predicted molar refractivity (Wildman–Crippen MR) is 155 cm³/mol. The maximum Gasteiger partial charge on any atom is 0.327 e. The number of nitrogens with zero attached hydrogens (tertiary/aromatic N) is 3. The van der Waals surface area contributed by atoms with Crippen LogP contribution in [0.4, 0.5) is 0 Å². The Morgan fingerprint density at radius 2 is 1.24 bits per heavy atom. The van der Waals surface area contributed by atoms with Gasteiger partial charge in [0, 0.05) is 10.8 Å². The summed E-state index contributed by atoms with van der Waals surface area (Å²) in [5, 5.41) is 67.3. The molecule has 0 spiro atoms. The van der Waals surface area contributed by atoms with Gasteiger partial charge in [-0.25, -0.2) is 0 Å². The molecule has 5 unspecified atom stereocenters. The summed E-state index contributed by atoms with van der Waals surface area (Å²) in [6.07, 6.45) is 6.19. The Labute approximate surface area is 262 Å². The van der Waals surface area contributed by atoms with Gasteiger partial charge >= 0.3 is 11.6 Å². The molecule has 256 valence electrons. The average molecular weight is 644 g/mol. The molecular formula is C30H49N3O12. The fraction of sp³-hybridized carbons (Fsp3) is 1.00. The van der Waals surface area contributed by atoms with Gasteiger partial charge in [0.25, 0.3) is 15.3 Å². The summed E-state index contributed by atoms with van der Waals surface area (Å²) in [5.41, 5.74) is -4.49. The Bertz CT molecular complexity index is 1260. The summed E-state index contributed by atoms with van der Waals surface area (Å²) in [6.45, 7) is 15.4. The summed E-state index contributed by atoms with van der Waals surface area (Å²) in [6, 6.07) is 0. The predicted octanol–water partition coefficient (Wildman–Crippen LogP) is 4.65. The van der Waals surface area contributed by atoms with E-state index in [1.807, 2.05) is 0 Å². The first-order valence-electron chi connectivity index (χ1n) is 16.1. The largest absolute Gasteiger partial charge is 0.361 e. The van der Waals surface area contributed by atoms with Gasteiger partial charge in [-0.05, 0) is 103 Å². The average Bonchev–Trinajstić information content (AvgIpc) is 3.24. The van der Waals surface area contributed by atoms with Crippen LogP contribution >= 0.6 is 0 Å². The summed E-state index contributed by atoms with van der Waals surface area (Å²) in [5.74, 6) is -11.3. The first kappa shape index (κ1) is 33.8. The number of aliphatic hydroxyl groups is 3. The molecule has 0 aromatic carbocycles. The van der Waals surface area contributed by atoms with Crippen molar-refractivity contribution in [3.63, 3.8) is 0 Å². The Hall–Kier alpha value is -2.52. The highest BCUT2D eigenvalue weighted by molar-refractivity contribution is 5.26. The third kappa shape index (κ3) is 3.86. The fourth-order valence-corrected chi connectivity index (χ4v) is 12.7. The van der Waals surface area contributed by atoms with Crippen LogP contribution in [0.1, 0.15) is 107 Å². The van der Waals surface area contributed by atoms with Crippen LogP contribution in [0.5, 0.6) is 0 Å². The minimum absolute atomic E-state index is 0.190. The molecule has 0 aliphatic heterocycles. The zero-order valence-corrected chi connectivity index (χ0v) is 27.5. The van der Waals surface area contributed by atoms with Gasteiger partial charge in [-0.15, -0.1) is 30.3 Å². The summed E-state index contributed by atoms with van der Waals surface area (Å²) < 4.78 is 0. The van der Waals surface area contributed by atoms with Gasteiger partial charge in [0.05, 0.1) is 0 Å². The van der Waals surface area contributed by atoms with Crippen molar-refractivity contribution < 1.29 is 45.1 Å². The molecule has 10 atom stereocenters. The van der Waals surface area contributed by atoms with E-state index in [2.05, 4.69) is 49.1 Å². The molecule has 5 rings (SSSR count). The number of rotatable bonds is 7. The van der Waals surface area contributed by atoms with Crippen LogP contribution in [0.3, 0.4) is 0 Å². The maximum atomic E-state index is 12.2. The van der Waals surface area contributed by atoms with E-state index < -0.39 is 60.7 Å². The topological polar surface area (TPSA) is 218 Å². The molecule has 0 radical (unpaired) electrons. The highest BCUT2D eigenvalue weighted by Crippen LogP contribution is 2.80. The Morgan fingerprint density at radius 3 is 1.76 bits per heavy atom. The number of hydrogen-bond donors (Lipinski definition) is 3. The van der Waals surface area contributed by atoms with Crippen molar-refractivity contribution in [2.45, 2.75) is 124 Å². The van der Waals surface area contributed by atoms with Gasteiger partial charge in [-0.1, -0.05) is 55.4 Å². The third-order valence-corrected chi connectivity index (χ3v) is 14.9. The standard InChI is InChI=1S/C30H49N3O12/c1-17(2)18-11-13-24(5)15-16-25(6)19(22(18)24)9-10-21-26(25,7)14-12-20-23(3,4)30(44-32(39)40,45-33(41)42)29(36,43-31(37)38)28(34,35)27(20,21)8/h17-22,34-36H,9-16H2,1-8H3/t18-,19?,20?,21?,22?,24-,25-,26-,27-,29?/m1/s1. The first-order valence-corrected chi connectivity index (χ1v) is 16.1. The van der Waals surface area contributed by atoms with Gasteiger partial charge in [0.2, 0.25) is 5.79 Å². The molecule has 45 heavy (non-hydrogen) atoms. The zero-order valence-electron chi connectivity index (χ0n) is 27.5. The quantitative estimate of drug-likeness (QED) is 0.196. The highest BCUT2D eigenvalue weighted by Gasteiger charge is 2.89. The van der Waals surface area contributed by atoms with Crippen molar-refractivity contribution in [3.8, 4) is 0 Å². The lowest BCUT2D eigenvalue weighted by Gasteiger charge is -2.76. The fourth-order valence-electron chi connectivity index (χ4n) is 12.7. The molecule has 0 bridgehead atoms. The zero-order chi connectivity index (χ0) is 34.0. The number of hydrogen-bond acceptors (Lipinski definition) is 12. The van der Waals surface area contributed by atoms with E-state index in [1.54, 1.807) is 0 Å². The smallest absolute Gasteiger partial charge is 0.327 e. The molecule has 5 fully saturated rings. The lowest BCUT2D eigenvalue weighted by atomic mass is 9.30. The van der Waals surface area contributed by atoms with Gasteiger partial charge in [-0.2, -0.15) is 0 Å². The van der Waals surface area contributed by atoms with Crippen molar-refractivity contribution in [2.24, 2.45) is 62.6 Å². The van der Waals surface area contributed by atoms with Crippen LogP contribution < -0.4 is 0 Å². The van der Waals surface area contributed by atoms with E-state index >= 15 is 0 Å². The lowest BCUT2D eigenvalue weighted by molar-refractivity contribution is -0.923. The van der Waals surface area contributed by atoms with Crippen LogP contribution in [-0.2, 0) is 14.5 Å². The Morgan fingerprint density at radius 1 is 0.689 bits per heavy atom. The van der Waals surface area contributed by atoms with Crippen molar-refractivity contribution in [2.75, 3.05) is 0 Å². The molecule has 0 heterocycles. The molecule has 5 saturated carbocycles. The Kier molecular flexibility index (Phi) is 7.33. The van der Waals surface area contributed by atoms with Crippen LogP contribution in [0.2, 0.25) is 0 Å². The second-order valence-electron chi connectivity index (χ2n) is 16.7. The van der Waals surface area contributed by atoms with Gasteiger partial charge in [0.15, 0.2) is 0 Å². The molecule has 0 aromatic heterocycles. The first-order chi connectivity index (χ1) is 20.4. The van der Waals surface area contributed by atoms with Crippen molar-refractivity contribution >= 4 is 0 Å². The molecular weight excluding hydrogens is 594 g/mol. The van der Waals surface area contributed by atoms with Crippen LogP contribution in [-0.4, -0.2) is 47.9 Å². The summed E-state index contributed by atoms with van der Waals surface area (Å²) in [7, 11) is 0. The number of fused-ring (bicyclic) bond motifs is 7. The molecule has 5 aliphatic rings. The Balaban J connectivity index is 1.71. The van der Waals surface area contributed by atoms with Gasteiger partial charge < -0.3 is 15.3 Å². The van der Waals surface area contributed by atoms with Gasteiger partial charge in [0.1, 0.15) is 0 Å². The van der Waals surface area contributed by atoms with E-state index in [9.17, 15) is 45.7 Å². The van der Waals surface area contributed by atoms with E-state index in [4.69, 9.17) is 0 Å². The van der Waals surface area contributed by atoms with E-state index in [0.717, 1.165) is 32.1 Å². The lowest BCUT2D eigenvalue weighted by Crippen LogP contribution is -2.88. The molecule has 0 amide bonds. The minimum atomic E-state index is -4.13. The monoisotopic (exact) mass is 643 g/mol. The second-order valence-corrected chi connectivity index (χ2v) is 16.7. The molecule has 0 aromatic rings. The molecule has 5 aliphatic carbocycles. The van der Waals surface area contributed by atoms with Crippen LogP contribution in [0.15, 0.2) is 0 Å². The van der Waals surface area contributed by atoms with Gasteiger partial charge in [-0.3, -0.25) is 14.5 Å². The maximum absolute atomic E-state index is 12.2. The van der Waals surface area contributed by atoms with E-state index in [0.29, 0.717) is 36.5 Å². The molecule has 3 N–H and O–H groups in total. The second kappa shape index (κ2) is 9.75. The highest BCUT2D eigenvalue weighted by atomic mass is 17.1. The van der Waals surface area contributed by atoms with Crippen LogP contribution in [0, 0.1) is 92.9 Å². The summed E-state index contributed by atoms with van der Waals surface area (Å²) >= 11 is 0. The minimum Gasteiger partial charge on any atom is -0.361 e. The SMILES string of the molecule is CC(C)[C@H]1CC[C@]2(C)CC[C@]3(C)C(CCC4[C@@]5(C)C(CC[C@]43C)C(C)(C)C(O[N+](=O)[O-])(O[N+](=O)[O-])C(O)(O[N+](=O)[O-])C5(O)O)C12.